The molecule has 2 unspecified atom stereocenters. The van der Waals surface area contributed by atoms with Gasteiger partial charge in [0.15, 0.2) is 0 Å². The van der Waals surface area contributed by atoms with Gasteiger partial charge in [-0.1, -0.05) is 19.9 Å². The zero-order valence-electron chi connectivity index (χ0n) is 11.9. The summed E-state index contributed by atoms with van der Waals surface area (Å²) in [6.45, 7) is 9.30. The van der Waals surface area contributed by atoms with E-state index in [1.807, 2.05) is 0 Å². The molecule has 1 aromatic rings. The SMILES string of the molecule is COCCN(CC(C)C)C(c1cccs1)C(C)N. The van der Waals surface area contributed by atoms with Crippen molar-refractivity contribution in [2.75, 3.05) is 26.8 Å². The summed E-state index contributed by atoms with van der Waals surface area (Å²) >= 11 is 1.79. The highest BCUT2D eigenvalue weighted by molar-refractivity contribution is 7.10. The van der Waals surface area contributed by atoms with Crippen LogP contribution in [-0.4, -0.2) is 37.7 Å². The van der Waals surface area contributed by atoms with E-state index in [0.29, 0.717) is 12.0 Å². The predicted octanol–water partition coefficient (Wildman–Crippen LogP) is 2.74. The fourth-order valence-electron chi connectivity index (χ4n) is 2.25. The van der Waals surface area contributed by atoms with Crippen LogP contribution in [0.1, 0.15) is 31.7 Å². The van der Waals surface area contributed by atoms with Crippen LogP contribution in [0.3, 0.4) is 0 Å². The number of rotatable bonds is 8. The molecular weight excluding hydrogens is 244 g/mol. The Balaban J connectivity index is 2.83. The van der Waals surface area contributed by atoms with E-state index in [4.69, 9.17) is 10.5 Å². The molecule has 0 amide bonds. The van der Waals surface area contributed by atoms with Crippen molar-refractivity contribution in [3.63, 3.8) is 0 Å². The van der Waals surface area contributed by atoms with Gasteiger partial charge in [-0.2, -0.15) is 0 Å². The molecule has 0 bridgehead atoms. The maximum absolute atomic E-state index is 6.20. The summed E-state index contributed by atoms with van der Waals surface area (Å²) in [7, 11) is 1.75. The molecule has 0 spiro atoms. The van der Waals surface area contributed by atoms with E-state index in [2.05, 4.69) is 43.2 Å². The maximum Gasteiger partial charge on any atom is 0.0591 e. The van der Waals surface area contributed by atoms with Crippen molar-refractivity contribution in [3.05, 3.63) is 22.4 Å². The molecule has 1 rings (SSSR count). The van der Waals surface area contributed by atoms with Crippen LogP contribution in [0, 0.1) is 5.92 Å². The number of nitrogens with zero attached hydrogens (tertiary/aromatic N) is 1. The Morgan fingerprint density at radius 3 is 2.56 bits per heavy atom. The molecule has 1 aromatic heterocycles. The summed E-state index contributed by atoms with van der Waals surface area (Å²) in [5.41, 5.74) is 6.20. The third kappa shape index (κ3) is 4.69. The van der Waals surface area contributed by atoms with Gasteiger partial charge >= 0.3 is 0 Å². The smallest absolute Gasteiger partial charge is 0.0591 e. The van der Waals surface area contributed by atoms with Crippen LogP contribution in [0.5, 0.6) is 0 Å². The monoisotopic (exact) mass is 270 g/mol. The summed E-state index contributed by atoms with van der Waals surface area (Å²) in [4.78, 5) is 3.80. The van der Waals surface area contributed by atoms with Gasteiger partial charge in [0, 0.05) is 31.1 Å². The van der Waals surface area contributed by atoms with Crippen molar-refractivity contribution in [2.24, 2.45) is 11.7 Å². The summed E-state index contributed by atoms with van der Waals surface area (Å²) < 4.78 is 5.22. The van der Waals surface area contributed by atoms with E-state index < -0.39 is 0 Å². The molecule has 0 saturated carbocycles. The Morgan fingerprint density at radius 2 is 2.11 bits per heavy atom. The van der Waals surface area contributed by atoms with Crippen molar-refractivity contribution in [1.82, 2.24) is 4.90 Å². The molecule has 4 heteroatoms. The lowest BCUT2D eigenvalue weighted by Crippen LogP contribution is -2.42. The van der Waals surface area contributed by atoms with Gasteiger partial charge in [0.1, 0.15) is 0 Å². The van der Waals surface area contributed by atoms with E-state index in [0.717, 1.165) is 19.7 Å². The van der Waals surface area contributed by atoms with Crippen LogP contribution in [0.25, 0.3) is 0 Å². The Hall–Kier alpha value is -0.420. The highest BCUT2D eigenvalue weighted by atomic mass is 32.1. The first-order valence-electron chi connectivity index (χ1n) is 6.58. The summed E-state index contributed by atoms with van der Waals surface area (Å²) in [5, 5.41) is 2.12. The van der Waals surface area contributed by atoms with E-state index >= 15 is 0 Å². The summed E-state index contributed by atoms with van der Waals surface area (Å²) in [5.74, 6) is 0.628. The van der Waals surface area contributed by atoms with Crippen LogP contribution >= 0.6 is 11.3 Å². The van der Waals surface area contributed by atoms with E-state index in [-0.39, 0.29) is 6.04 Å². The molecule has 2 N–H and O–H groups in total. The molecule has 0 aliphatic heterocycles. The molecule has 0 radical (unpaired) electrons. The van der Waals surface area contributed by atoms with Crippen LogP contribution in [0.2, 0.25) is 0 Å². The van der Waals surface area contributed by atoms with Crippen LogP contribution in [0.4, 0.5) is 0 Å². The fourth-order valence-corrected chi connectivity index (χ4v) is 3.23. The topological polar surface area (TPSA) is 38.5 Å². The van der Waals surface area contributed by atoms with Crippen molar-refractivity contribution < 1.29 is 4.74 Å². The van der Waals surface area contributed by atoms with Crippen molar-refractivity contribution in [2.45, 2.75) is 32.9 Å². The van der Waals surface area contributed by atoms with Gasteiger partial charge in [-0.3, -0.25) is 4.90 Å². The molecule has 104 valence electrons. The Morgan fingerprint density at radius 1 is 1.39 bits per heavy atom. The second-order valence-electron chi connectivity index (χ2n) is 5.20. The van der Waals surface area contributed by atoms with Gasteiger partial charge in [-0.25, -0.2) is 0 Å². The Kier molecular flexibility index (Phi) is 6.86. The Labute approximate surface area is 115 Å². The number of thiophene rings is 1. The standard InChI is InChI=1S/C14H26N2OS/c1-11(2)10-16(7-8-17-4)14(12(3)15)13-6-5-9-18-13/h5-6,9,11-12,14H,7-8,10,15H2,1-4H3. The number of methoxy groups -OCH3 is 1. The molecule has 2 atom stereocenters. The molecule has 0 aliphatic rings. The van der Waals surface area contributed by atoms with E-state index in [9.17, 15) is 0 Å². The van der Waals surface area contributed by atoms with Gasteiger partial charge < -0.3 is 10.5 Å². The third-order valence-electron chi connectivity index (χ3n) is 2.91. The van der Waals surface area contributed by atoms with Gasteiger partial charge in [0.25, 0.3) is 0 Å². The quantitative estimate of drug-likeness (QED) is 0.789. The van der Waals surface area contributed by atoms with Gasteiger partial charge in [0.2, 0.25) is 0 Å². The number of ether oxygens (including phenoxy) is 1. The third-order valence-corrected chi connectivity index (χ3v) is 3.85. The maximum atomic E-state index is 6.20. The lowest BCUT2D eigenvalue weighted by Gasteiger charge is -2.34. The number of hydrogen-bond acceptors (Lipinski definition) is 4. The molecule has 1 heterocycles. The van der Waals surface area contributed by atoms with Gasteiger partial charge in [0.05, 0.1) is 12.6 Å². The van der Waals surface area contributed by atoms with Gasteiger partial charge in [-0.05, 0) is 24.3 Å². The molecule has 3 nitrogen and oxygen atoms in total. The van der Waals surface area contributed by atoms with Crippen LogP contribution in [-0.2, 0) is 4.74 Å². The minimum absolute atomic E-state index is 0.124. The number of nitrogens with two attached hydrogens (primary N) is 1. The first-order valence-corrected chi connectivity index (χ1v) is 7.46. The zero-order chi connectivity index (χ0) is 13.5. The van der Waals surface area contributed by atoms with Crippen molar-refractivity contribution in [1.29, 1.82) is 0 Å². The normalized spacial score (nSPS) is 15.3. The van der Waals surface area contributed by atoms with Crippen molar-refractivity contribution in [3.8, 4) is 0 Å². The van der Waals surface area contributed by atoms with Gasteiger partial charge in [-0.15, -0.1) is 11.3 Å². The van der Waals surface area contributed by atoms with Crippen LogP contribution < -0.4 is 5.73 Å². The minimum atomic E-state index is 0.124. The minimum Gasteiger partial charge on any atom is -0.383 e. The largest absolute Gasteiger partial charge is 0.383 e. The highest BCUT2D eigenvalue weighted by Crippen LogP contribution is 2.28. The molecular formula is C14H26N2OS. The summed E-state index contributed by atoms with van der Waals surface area (Å²) in [6.07, 6.45) is 0. The second kappa shape index (κ2) is 7.89. The Bertz CT molecular complexity index is 312. The lowest BCUT2D eigenvalue weighted by molar-refractivity contribution is 0.102. The average Bonchev–Trinajstić information content (AvgIpc) is 2.78. The second-order valence-corrected chi connectivity index (χ2v) is 6.18. The average molecular weight is 270 g/mol. The molecule has 0 saturated heterocycles. The molecule has 0 fully saturated rings. The summed E-state index contributed by atoms with van der Waals surface area (Å²) in [6, 6.07) is 4.69. The van der Waals surface area contributed by atoms with Crippen LogP contribution in [0.15, 0.2) is 17.5 Å². The molecule has 18 heavy (non-hydrogen) atoms. The van der Waals surface area contributed by atoms with E-state index in [1.54, 1.807) is 18.4 Å². The first-order chi connectivity index (χ1) is 8.56. The lowest BCUT2D eigenvalue weighted by atomic mass is 10.0. The zero-order valence-corrected chi connectivity index (χ0v) is 12.7. The first kappa shape index (κ1) is 15.6. The van der Waals surface area contributed by atoms with Crippen molar-refractivity contribution >= 4 is 11.3 Å². The predicted molar refractivity (Wildman–Crippen MR) is 79.0 cm³/mol. The van der Waals surface area contributed by atoms with E-state index in [1.165, 1.54) is 4.88 Å². The molecule has 0 aromatic carbocycles. The number of hydrogen-bond donors (Lipinski definition) is 1. The highest BCUT2D eigenvalue weighted by Gasteiger charge is 2.25. The molecule has 0 aliphatic carbocycles. The fraction of sp³-hybridized carbons (Fsp3) is 0.714.